The maximum atomic E-state index is 12.0. The Kier molecular flexibility index (Phi) is 5.46. The van der Waals surface area contributed by atoms with Gasteiger partial charge >= 0.3 is 0 Å². The van der Waals surface area contributed by atoms with Crippen molar-refractivity contribution in [3.05, 3.63) is 71.9 Å². The van der Waals surface area contributed by atoms with Crippen LogP contribution in [0.25, 0.3) is 5.69 Å². The predicted molar refractivity (Wildman–Crippen MR) is 99.1 cm³/mol. The number of rotatable bonds is 6. The van der Waals surface area contributed by atoms with Gasteiger partial charge in [0.1, 0.15) is 0 Å². The van der Waals surface area contributed by atoms with Crippen LogP contribution in [-0.2, 0) is 13.1 Å². The van der Waals surface area contributed by atoms with Crippen LogP contribution >= 0.6 is 0 Å². The second kappa shape index (κ2) is 8.33. The average Bonchev–Trinajstić information content (AvgIpc) is 3.09. The summed E-state index contributed by atoms with van der Waals surface area (Å²) in [5.41, 5.74) is 2.72. The second-order valence-electron chi connectivity index (χ2n) is 6.97. The Hall–Kier alpha value is -2.70. The Morgan fingerprint density at radius 1 is 1.04 bits per heavy atom. The molecule has 6 nitrogen and oxygen atoms in total. The van der Waals surface area contributed by atoms with E-state index in [1.807, 2.05) is 30.3 Å². The van der Waals surface area contributed by atoms with Gasteiger partial charge in [-0.3, -0.25) is 4.90 Å². The standard InChI is InChI=1S/C21H24N4O2/c26-21-20(25(23-27-21)19-9-5-2-6-10-19)15-22-18-11-13-24(14-12-18)16-17-7-3-1-4-8-17/h1-10,18,22H,11-16H2. The molecular formula is C21H24N4O2. The molecule has 0 bridgehead atoms. The number of aromatic nitrogens is 2. The summed E-state index contributed by atoms with van der Waals surface area (Å²) in [5.74, 6) is -0.382. The van der Waals surface area contributed by atoms with Crippen LogP contribution < -0.4 is 15.1 Å². The Morgan fingerprint density at radius 2 is 1.70 bits per heavy atom. The number of nitrogens with zero attached hydrogens (tertiary/aromatic N) is 3. The van der Waals surface area contributed by atoms with Crippen LogP contribution in [0.5, 0.6) is 5.95 Å². The van der Waals surface area contributed by atoms with Gasteiger partial charge in [0.2, 0.25) is 5.69 Å². The van der Waals surface area contributed by atoms with Crippen molar-refractivity contribution in [1.29, 1.82) is 0 Å². The topological polar surface area (TPSA) is 68.2 Å². The minimum atomic E-state index is -0.382. The monoisotopic (exact) mass is 364 g/mol. The summed E-state index contributed by atoms with van der Waals surface area (Å²) in [7, 11) is 0. The molecule has 2 heterocycles. The molecule has 1 saturated heterocycles. The van der Waals surface area contributed by atoms with Crippen molar-refractivity contribution in [2.24, 2.45) is 0 Å². The number of para-hydroxylation sites is 1. The van der Waals surface area contributed by atoms with Crippen LogP contribution in [-0.4, -0.2) is 29.3 Å². The second-order valence-corrected chi connectivity index (χ2v) is 6.97. The molecule has 1 aliphatic rings. The van der Waals surface area contributed by atoms with Gasteiger partial charge in [-0.1, -0.05) is 48.5 Å². The summed E-state index contributed by atoms with van der Waals surface area (Å²) in [6, 6.07) is 20.6. The van der Waals surface area contributed by atoms with E-state index in [1.165, 1.54) is 5.56 Å². The van der Waals surface area contributed by atoms with Crippen molar-refractivity contribution in [2.45, 2.75) is 32.0 Å². The lowest BCUT2D eigenvalue weighted by Crippen LogP contribution is -2.44. The molecule has 0 amide bonds. The van der Waals surface area contributed by atoms with E-state index >= 15 is 0 Å². The van der Waals surface area contributed by atoms with Gasteiger partial charge < -0.3 is 14.9 Å². The first-order valence-corrected chi connectivity index (χ1v) is 9.42. The largest absolute Gasteiger partial charge is 0.539 e. The van der Waals surface area contributed by atoms with Crippen LogP contribution in [0.1, 0.15) is 24.1 Å². The minimum Gasteiger partial charge on any atom is -0.539 e. The van der Waals surface area contributed by atoms with E-state index in [-0.39, 0.29) is 5.95 Å². The highest BCUT2D eigenvalue weighted by Crippen LogP contribution is 2.16. The molecule has 0 unspecified atom stereocenters. The third-order valence-electron chi connectivity index (χ3n) is 5.09. The summed E-state index contributed by atoms with van der Waals surface area (Å²) in [6.07, 6.45) is 2.13. The third kappa shape index (κ3) is 4.35. The maximum Gasteiger partial charge on any atom is 0.253 e. The van der Waals surface area contributed by atoms with E-state index in [4.69, 9.17) is 4.52 Å². The van der Waals surface area contributed by atoms with Crippen molar-refractivity contribution in [2.75, 3.05) is 13.1 Å². The van der Waals surface area contributed by atoms with E-state index in [0.29, 0.717) is 18.3 Å². The molecule has 1 fully saturated rings. The van der Waals surface area contributed by atoms with Crippen LogP contribution in [0.2, 0.25) is 0 Å². The van der Waals surface area contributed by atoms with Crippen molar-refractivity contribution >= 4 is 0 Å². The average molecular weight is 364 g/mol. The van der Waals surface area contributed by atoms with Crippen LogP contribution in [0, 0.1) is 0 Å². The molecule has 27 heavy (non-hydrogen) atoms. The Balaban J connectivity index is 1.31. The molecule has 0 spiro atoms. The zero-order valence-corrected chi connectivity index (χ0v) is 15.3. The van der Waals surface area contributed by atoms with Gasteiger partial charge in [-0.25, -0.2) is 0 Å². The highest BCUT2D eigenvalue weighted by Gasteiger charge is 2.23. The fourth-order valence-electron chi connectivity index (χ4n) is 3.56. The van der Waals surface area contributed by atoms with Crippen molar-refractivity contribution in [3.8, 4) is 11.6 Å². The van der Waals surface area contributed by atoms with Crippen molar-refractivity contribution in [3.63, 3.8) is 0 Å². The zero-order chi connectivity index (χ0) is 18.5. The lowest BCUT2D eigenvalue weighted by Gasteiger charge is -2.32. The summed E-state index contributed by atoms with van der Waals surface area (Å²) >= 11 is 0. The molecule has 2 aromatic carbocycles. The summed E-state index contributed by atoms with van der Waals surface area (Å²) < 4.78 is 6.47. The summed E-state index contributed by atoms with van der Waals surface area (Å²) in [5, 5.41) is 19.4. The Morgan fingerprint density at radius 3 is 2.41 bits per heavy atom. The quantitative estimate of drug-likeness (QED) is 0.676. The van der Waals surface area contributed by atoms with Gasteiger partial charge in [0, 0.05) is 24.7 Å². The smallest absolute Gasteiger partial charge is 0.253 e. The number of nitrogens with one attached hydrogen (secondary N) is 1. The number of likely N-dealkylation sites (tertiary alicyclic amines) is 1. The fourth-order valence-corrected chi connectivity index (χ4v) is 3.56. The summed E-state index contributed by atoms with van der Waals surface area (Å²) in [4.78, 5) is 2.48. The number of benzene rings is 2. The molecule has 1 aromatic heterocycles. The lowest BCUT2D eigenvalue weighted by atomic mass is 10.0. The minimum absolute atomic E-state index is 0.382. The molecule has 0 saturated carbocycles. The van der Waals surface area contributed by atoms with Crippen molar-refractivity contribution in [1.82, 2.24) is 15.5 Å². The van der Waals surface area contributed by atoms with Gasteiger partial charge in [0.05, 0.1) is 11.8 Å². The molecule has 0 atom stereocenters. The lowest BCUT2D eigenvalue weighted by molar-refractivity contribution is -0.677. The molecule has 140 valence electrons. The van der Waals surface area contributed by atoms with Crippen molar-refractivity contribution < 1.29 is 14.3 Å². The maximum absolute atomic E-state index is 12.0. The van der Waals surface area contributed by atoms with Gasteiger partial charge in [-0.2, -0.15) is 0 Å². The van der Waals surface area contributed by atoms with E-state index in [2.05, 4.69) is 45.8 Å². The van der Waals surface area contributed by atoms with Gasteiger partial charge in [-0.05, 0) is 36.2 Å². The number of piperidine rings is 1. The van der Waals surface area contributed by atoms with E-state index < -0.39 is 0 Å². The first-order valence-electron chi connectivity index (χ1n) is 9.42. The Labute approximate surface area is 159 Å². The molecule has 6 heteroatoms. The van der Waals surface area contributed by atoms with E-state index in [9.17, 15) is 5.11 Å². The SMILES string of the molecule is [O-]c1on[n+](-c2ccccc2)c1CNC1CCN(Cc2ccccc2)CC1. The normalized spacial score (nSPS) is 15.9. The first kappa shape index (κ1) is 17.7. The highest BCUT2D eigenvalue weighted by molar-refractivity contribution is 5.22. The molecule has 0 aliphatic carbocycles. The van der Waals surface area contributed by atoms with E-state index in [0.717, 1.165) is 38.2 Å². The Bertz CT molecular complexity index is 843. The van der Waals surface area contributed by atoms with Crippen LogP contribution in [0.15, 0.2) is 65.2 Å². The number of hydrogen-bond donors (Lipinski definition) is 1. The highest BCUT2D eigenvalue weighted by atomic mass is 16.6. The molecule has 0 radical (unpaired) electrons. The van der Waals surface area contributed by atoms with Crippen LogP contribution in [0.4, 0.5) is 0 Å². The van der Waals surface area contributed by atoms with Gasteiger partial charge in [0.15, 0.2) is 5.95 Å². The fraction of sp³-hybridized carbons (Fsp3) is 0.333. The molecular weight excluding hydrogens is 340 g/mol. The predicted octanol–water partition coefficient (Wildman–Crippen LogP) is 1.78. The molecule has 1 aliphatic heterocycles. The molecule has 1 N–H and O–H groups in total. The van der Waals surface area contributed by atoms with Crippen LogP contribution in [0.3, 0.4) is 0 Å². The molecule has 4 rings (SSSR count). The van der Waals surface area contributed by atoms with Gasteiger partial charge in [-0.15, -0.1) is 0 Å². The number of hydrogen-bond acceptors (Lipinski definition) is 5. The van der Waals surface area contributed by atoms with Gasteiger partial charge in [0.25, 0.3) is 5.69 Å². The molecule has 3 aromatic rings. The third-order valence-corrected chi connectivity index (χ3v) is 5.09. The van der Waals surface area contributed by atoms with E-state index in [1.54, 1.807) is 4.68 Å². The summed E-state index contributed by atoms with van der Waals surface area (Å²) in [6.45, 7) is 3.57. The zero-order valence-electron chi connectivity index (χ0n) is 15.3. The first-order chi connectivity index (χ1) is 13.3.